The summed E-state index contributed by atoms with van der Waals surface area (Å²) >= 11 is 17.4. The minimum absolute atomic E-state index is 0.456. The zero-order valence-corrected chi connectivity index (χ0v) is 8.42. The second-order valence-corrected chi connectivity index (χ2v) is 3.41. The Kier molecular flexibility index (Phi) is 3.45. The Balaban J connectivity index is 3.27. The zero-order valence-electron chi connectivity index (χ0n) is 6.15. The largest absolute Gasteiger partial charge is 0.0843 e. The van der Waals surface area contributed by atoms with Crippen LogP contribution in [0.2, 0.25) is 15.1 Å². The van der Waals surface area contributed by atoms with E-state index in [1.54, 1.807) is 24.3 Å². The molecule has 0 N–H and O–H groups in total. The Morgan fingerprint density at radius 3 is 2.42 bits per heavy atom. The fourth-order valence-electron chi connectivity index (χ4n) is 0.824. The number of hydrogen-bond acceptors (Lipinski definition) is 0. The third-order valence-corrected chi connectivity index (χ3v) is 2.35. The van der Waals surface area contributed by atoms with E-state index < -0.39 is 0 Å². The summed E-state index contributed by atoms with van der Waals surface area (Å²) < 4.78 is 0. The molecule has 0 heterocycles. The molecule has 0 amide bonds. The van der Waals surface area contributed by atoms with Crippen LogP contribution in [-0.4, -0.2) is 0 Å². The lowest BCUT2D eigenvalue weighted by Gasteiger charge is -2.01. The van der Waals surface area contributed by atoms with Gasteiger partial charge in [-0.15, -0.1) is 0 Å². The molecule has 0 bridgehead atoms. The van der Waals surface area contributed by atoms with Crippen LogP contribution in [0.25, 0.3) is 6.08 Å². The molecule has 1 aromatic rings. The number of allylic oxidation sites excluding steroid dienone is 1. The van der Waals surface area contributed by atoms with E-state index in [0.29, 0.717) is 15.1 Å². The summed E-state index contributed by atoms with van der Waals surface area (Å²) in [6, 6.07) is 3.34. The van der Waals surface area contributed by atoms with Gasteiger partial charge in [0.15, 0.2) is 0 Å². The minimum atomic E-state index is 0.456. The van der Waals surface area contributed by atoms with Crippen molar-refractivity contribution in [1.82, 2.24) is 0 Å². The number of halogens is 3. The van der Waals surface area contributed by atoms with Crippen molar-refractivity contribution < 1.29 is 0 Å². The first kappa shape index (κ1) is 9.91. The maximum absolute atomic E-state index is 5.87. The highest BCUT2D eigenvalue weighted by atomic mass is 35.5. The molecule has 0 nitrogen and oxygen atoms in total. The Hall–Kier alpha value is -0.170. The third kappa shape index (κ3) is 2.16. The number of rotatable bonds is 1. The summed E-state index contributed by atoms with van der Waals surface area (Å²) in [6.45, 7) is 3.56. The van der Waals surface area contributed by atoms with E-state index >= 15 is 0 Å². The lowest BCUT2D eigenvalue weighted by atomic mass is 10.2. The highest BCUT2D eigenvalue weighted by molar-refractivity contribution is 6.44. The molecule has 1 rings (SSSR count). The molecule has 0 aliphatic heterocycles. The van der Waals surface area contributed by atoms with Crippen molar-refractivity contribution >= 4 is 40.9 Å². The van der Waals surface area contributed by atoms with Crippen LogP contribution < -0.4 is 0 Å². The summed E-state index contributed by atoms with van der Waals surface area (Å²) in [5.41, 5.74) is 0.782. The highest BCUT2D eigenvalue weighted by Gasteiger charge is 2.03. The first-order chi connectivity index (χ1) is 5.65. The van der Waals surface area contributed by atoms with E-state index in [2.05, 4.69) is 6.92 Å². The monoisotopic (exact) mass is 219 g/mol. The molecule has 0 saturated carbocycles. The fourth-order valence-corrected chi connectivity index (χ4v) is 1.51. The molecule has 12 heavy (non-hydrogen) atoms. The second kappa shape index (κ2) is 4.18. The third-order valence-electron chi connectivity index (χ3n) is 1.32. The lowest BCUT2D eigenvalue weighted by Crippen LogP contribution is -1.77. The van der Waals surface area contributed by atoms with Gasteiger partial charge in [-0.2, -0.15) is 0 Å². The summed E-state index contributed by atoms with van der Waals surface area (Å²) in [5, 5.41) is 1.52. The van der Waals surface area contributed by atoms with Crippen LogP contribution in [0.4, 0.5) is 0 Å². The molecule has 0 aliphatic rings. The maximum Gasteiger partial charge on any atom is 0.0665 e. The Labute approximate surface area is 86.7 Å². The summed E-state index contributed by atoms with van der Waals surface area (Å²) in [6.07, 6.45) is 3.38. The van der Waals surface area contributed by atoms with Crippen molar-refractivity contribution in [3.05, 3.63) is 45.8 Å². The van der Waals surface area contributed by atoms with Crippen molar-refractivity contribution in [3.8, 4) is 0 Å². The van der Waals surface area contributed by atoms with Crippen LogP contribution in [0.1, 0.15) is 5.56 Å². The molecule has 0 unspecified atom stereocenters. The smallest absolute Gasteiger partial charge is 0.0665 e. The van der Waals surface area contributed by atoms with Crippen LogP contribution in [0.5, 0.6) is 0 Å². The average molecular weight is 221 g/mol. The molecular weight excluding hydrogens is 214 g/mol. The van der Waals surface area contributed by atoms with E-state index in [1.807, 2.05) is 0 Å². The predicted molar refractivity (Wildman–Crippen MR) is 55.9 cm³/mol. The van der Waals surface area contributed by atoms with Gasteiger partial charge in [0.2, 0.25) is 0 Å². The predicted octanol–water partition coefficient (Wildman–Crippen LogP) is 4.49. The van der Waals surface area contributed by atoms with E-state index in [1.165, 1.54) is 0 Å². The second-order valence-electron chi connectivity index (χ2n) is 2.19. The van der Waals surface area contributed by atoms with E-state index in [4.69, 9.17) is 34.8 Å². The van der Waals surface area contributed by atoms with Gasteiger partial charge >= 0.3 is 0 Å². The van der Waals surface area contributed by atoms with E-state index in [9.17, 15) is 0 Å². The summed E-state index contributed by atoms with van der Waals surface area (Å²) in [4.78, 5) is 0. The Bertz CT molecular complexity index is 316. The Morgan fingerprint density at radius 1 is 1.17 bits per heavy atom. The SMILES string of the molecule is [CH2]/C=C/c1cc(Cl)cc(Cl)c1Cl. The van der Waals surface area contributed by atoms with Crippen LogP contribution in [0.15, 0.2) is 18.2 Å². The molecule has 63 valence electrons. The van der Waals surface area contributed by atoms with Gasteiger partial charge in [-0.25, -0.2) is 0 Å². The van der Waals surface area contributed by atoms with Crippen molar-refractivity contribution in [2.24, 2.45) is 0 Å². The fraction of sp³-hybridized carbons (Fsp3) is 0. The summed E-state index contributed by atoms with van der Waals surface area (Å²) in [5.74, 6) is 0. The van der Waals surface area contributed by atoms with Crippen molar-refractivity contribution in [2.45, 2.75) is 0 Å². The number of hydrogen-bond donors (Lipinski definition) is 0. The van der Waals surface area contributed by atoms with Gasteiger partial charge in [0.05, 0.1) is 10.0 Å². The molecule has 0 atom stereocenters. The molecule has 1 radical (unpaired) electrons. The van der Waals surface area contributed by atoms with Crippen molar-refractivity contribution in [2.75, 3.05) is 0 Å². The van der Waals surface area contributed by atoms with Crippen LogP contribution >= 0.6 is 34.8 Å². The van der Waals surface area contributed by atoms with Crippen molar-refractivity contribution in [3.63, 3.8) is 0 Å². The first-order valence-electron chi connectivity index (χ1n) is 3.25. The van der Waals surface area contributed by atoms with Crippen LogP contribution in [-0.2, 0) is 0 Å². The number of benzene rings is 1. The lowest BCUT2D eigenvalue weighted by molar-refractivity contribution is 1.65. The Morgan fingerprint density at radius 2 is 1.83 bits per heavy atom. The maximum atomic E-state index is 5.87. The van der Waals surface area contributed by atoms with Crippen LogP contribution in [0.3, 0.4) is 0 Å². The van der Waals surface area contributed by atoms with E-state index in [0.717, 1.165) is 5.56 Å². The molecule has 3 heteroatoms. The standard InChI is InChI=1S/C9H6Cl3/c1-2-3-6-4-7(10)5-8(11)9(6)12/h2-5H,1H2/b3-2+. The molecule has 0 fully saturated rings. The van der Waals surface area contributed by atoms with Gasteiger partial charge in [-0.05, 0) is 24.6 Å². The molecule has 0 spiro atoms. The van der Waals surface area contributed by atoms with Gasteiger partial charge in [-0.3, -0.25) is 0 Å². The molecule has 0 saturated heterocycles. The summed E-state index contributed by atoms with van der Waals surface area (Å²) in [7, 11) is 0. The van der Waals surface area contributed by atoms with Crippen LogP contribution in [0, 0.1) is 6.92 Å². The highest BCUT2D eigenvalue weighted by Crippen LogP contribution is 2.30. The molecular formula is C9H6Cl3. The quantitative estimate of drug-likeness (QED) is 0.612. The molecule has 0 aliphatic carbocycles. The zero-order chi connectivity index (χ0) is 9.14. The van der Waals surface area contributed by atoms with Gasteiger partial charge in [-0.1, -0.05) is 47.0 Å². The van der Waals surface area contributed by atoms with Gasteiger partial charge in [0.1, 0.15) is 0 Å². The van der Waals surface area contributed by atoms with Gasteiger partial charge in [0.25, 0.3) is 0 Å². The first-order valence-corrected chi connectivity index (χ1v) is 4.39. The normalized spacial score (nSPS) is 11.0. The molecule has 0 aromatic heterocycles. The van der Waals surface area contributed by atoms with Gasteiger partial charge < -0.3 is 0 Å². The molecule has 1 aromatic carbocycles. The minimum Gasteiger partial charge on any atom is -0.0843 e. The average Bonchev–Trinajstić information content (AvgIpc) is 2.00. The van der Waals surface area contributed by atoms with Gasteiger partial charge in [0, 0.05) is 5.02 Å². The topological polar surface area (TPSA) is 0 Å². The van der Waals surface area contributed by atoms with Crippen molar-refractivity contribution in [1.29, 1.82) is 0 Å². The van der Waals surface area contributed by atoms with E-state index in [-0.39, 0.29) is 0 Å².